The van der Waals surface area contributed by atoms with Gasteiger partial charge in [-0.25, -0.2) is 0 Å². The second kappa shape index (κ2) is 7.17. The number of likely N-dealkylation sites (N-methyl/N-ethyl adjacent to an activating group) is 1. The Morgan fingerprint density at radius 2 is 2.40 bits per heavy atom. The minimum atomic E-state index is 0.108. The Labute approximate surface area is 92.7 Å². The Morgan fingerprint density at radius 1 is 1.60 bits per heavy atom. The predicted octanol–water partition coefficient (Wildman–Crippen LogP) is 0.461. The fourth-order valence-electron chi connectivity index (χ4n) is 2.01. The standard InChI is InChI=1S/C11H24N2O2/c1-3-13(7-10(12)9-14-2)8-11-5-4-6-15-11/h10-11H,3-9,12H2,1-2H3. The van der Waals surface area contributed by atoms with E-state index in [1.807, 2.05) is 0 Å². The fraction of sp³-hybridized carbons (Fsp3) is 1.00. The summed E-state index contributed by atoms with van der Waals surface area (Å²) in [6.07, 6.45) is 2.81. The molecule has 1 aliphatic heterocycles. The van der Waals surface area contributed by atoms with Crippen LogP contribution < -0.4 is 5.73 Å². The molecule has 1 heterocycles. The topological polar surface area (TPSA) is 47.7 Å². The van der Waals surface area contributed by atoms with E-state index in [1.54, 1.807) is 7.11 Å². The molecule has 4 heteroatoms. The van der Waals surface area contributed by atoms with E-state index in [4.69, 9.17) is 15.2 Å². The summed E-state index contributed by atoms with van der Waals surface area (Å²) in [7, 11) is 1.69. The molecule has 0 saturated carbocycles. The SMILES string of the molecule is CCN(CC(N)COC)CC1CCCO1. The molecule has 90 valence electrons. The highest BCUT2D eigenvalue weighted by Gasteiger charge is 2.19. The third kappa shape index (κ3) is 4.93. The van der Waals surface area contributed by atoms with Gasteiger partial charge >= 0.3 is 0 Å². The third-order valence-electron chi connectivity index (χ3n) is 2.81. The van der Waals surface area contributed by atoms with Crippen LogP contribution in [0.1, 0.15) is 19.8 Å². The molecule has 0 bridgehead atoms. The van der Waals surface area contributed by atoms with Crippen LogP contribution in [0.2, 0.25) is 0 Å². The van der Waals surface area contributed by atoms with Crippen LogP contribution in [-0.2, 0) is 9.47 Å². The van der Waals surface area contributed by atoms with Gasteiger partial charge in [-0.1, -0.05) is 6.92 Å². The molecule has 0 spiro atoms. The van der Waals surface area contributed by atoms with Crippen molar-refractivity contribution in [3.05, 3.63) is 0 Å². The summed E-state index contributed by atoms with van der Waals surface area (Å²) in [6.45, 7) is 6.64. The van der Waals surface area contributed by atoms with E-state index < -0.39 is 0 Å². The van der Waals surface area contributed by atoms with Crippen LogP contribution in [-0.4, -0.2) is 57.0 Å². The van der Waals surface area contributed by atoms with Gasteiger partial charge in [0, 0.05) is 32.8 Å². The highest BCUT2D eigenvalue weighted by Crippen LogP contribution is 2.13. The van der Waals surface area contributed by atoms with Gasteiger partial charge in [0.15, 0.2) is 0 Å². The normalized spacial score (nSPS) is 23.6. The van der Waals surface area contributed by atoms with E-state index in [0.29, 0.717) is 12.7 Å². The lowest BCUT2D eigenvalue weighted by Crippen LogP contribution is -2.43. The molecule has 2 unspecified atom stereocenters. The lowest BCUT2D eigenvalue weighted by Gasteiger charge is -2.26. The van der Waals surface area contributed by atoms with Crippen molar-refractivity contribution in [2.45, 2.75) is 31.9 Å². The van der Waals surface area contributed by atoms with Crippen molar-refractivity contribution < 1.29 is 9.47 Å². The largest absolute Gasteiger partial charge is 0.383 e. The van der Waals surface area contributed by atoms with Gasteiger partial charge in [0.1, 0.15) is 0 Å². The Kier molecular flexibility index (Phi) is 6.17. The van der Waals surface area contributed by atoms with E-state index in [0.717, 1.165) is 26.2 Å². The molecule has 0 aromatic heterocycles. The van der Waals surface area contributed by atoms with Gasteiger partial charge in [-0.2, -0.15) is 0 Å². The summed E-state index contributed by atoms with van der Waals surface area (Å²) in [5.74, 6) is 0. The zero-order chi connectivity index (χ0) is 11.1. The Morgan fingerprint density at radius 3 is 2.93 bits per heavy atom. The average molecular weight is 216 g/mol. The molecule has 4 nitrogen and oxygen atoms in total. The molecule has 2 atom stereocenters. The van der Waals surface area contributed by atoms with Crippen molar-refractivity contribution in [1.82, 2.24) is 4.90 Å². The molecule has 0 aromatic carbocycles. The van der Waals surface area contributed by atoms with Gasteiger partial charge in [-0.15, -0.1) is 0 Å². The summed E-state index contributed by atoms with van der Waals surface area (Å²) in [6, 6.07) is 0.108. The van der Waals surface area contributed by atoms with E-state index in [9.17, 15) is 0 Å². The first-order chi connectivity index (χ1) is 7.26. The van der Waals surface area contributed by atoms with Crippen LogP contribution in [0.5, 0.6) is 0 Å². The lowest BCUT2D eigenvalue weighted by atomic mass is 10.2. The quantitative estimate of drug-likeness (QED) is 0.671. The summed E-state index contributed by atoms with van der Waals surface area (Å²) in [5, 5.41) is 0. The van der Waals surface area contributed by atoms with Crippen molar-refractivity contribution in [2.75, 3.05) is 40.0 Å². The minimum absolute atomic E-state index is 0.108. The van der Waals surface area contributed by atoms with E-state index >= 15 is 0 Å². The molecule has 0 amide bonds. The molecular formula is C11H24N2O2. The highest BCUT2D eigenvalue weighted by atomic mass is 16.5. The van der Waals surface area contributed by atoms with Gasteiger partial charge in [-0.05, 0) is 19.4 Å². The molecular weight excluding hydrogens is 192 g/mol. The monoisotopic (exact) mass is 216 g/mol. The van der Waals surface area contributed by atoms with E-state index in [-0.39, 0.29) is 6.04 Å². The molecule has 1 fully saturated rings. The fourth-order valence-corrected chi connectivity index (χ4v) is 2.01. The number of rotatable bonds is 7. The number of methoxy groups -OCH3 is 1. The van der Waals surface area contributed by atoms with Crippen molar-refractivity contribution in [2.24, 2.45) is 5.73 Å². The van der Waals surface area contributed by atoms with Crippen molar-refractivity contribution >= 4 is 0 Å². The maximum Gasteiger partial charge on any atom is 0.0702 e. The zero-order valence-electron chi connectivity index (χ0n) is 9.95. The van der Waals surface area contributed by atoms with Crippen LogP contribution in [0.4, 0.5) is 0 Å². The molecule has 0 aromatic rings. The molecule has 1 rings (SSSR count). The smallest absolute Gasteiger partial charge is 0.0702 e. The molecule has 0 radical (unpaired) electrons. The van der Waals surface area contributed by atoms with Crippen LogP contribution in [0.25, 0.3) is 0 Å². The maximum absolute atomic E-state index is 5.93. The summed E-state index contributed by atoms with van der Waals surface area (Å²) in [5.41, 5.74) is 5.93. The first kappa shape index (κ1) is 12.9. The number of nitrogens with zero attached hydrogens (tertiary/aromatic N) is 1. The van der Waals surface area contributed by atoms with Gasteiger partial charge in [0.05, 0.1) is 12.7 Å². The predicted molar refractivity (Wildman–Crippen MR) is 60.9 cm³/mol. The molecule has 1 saturated heterocycles. The van der Waals surface area contributed by atoms with Crippen molar-refractivity contribution in [1.29, 1.82) is 0 Å². The number of hydrogen-bond donors (Lipinski definition) is 1. The van der Waals surface area contributed by atoms with Gasteiger partial charge in [-0.3, -0.25) is 4.90 Å². The number of ether oxygens (including phenoxy) is 2. The minimum Gasteiger partial charge on any atom is -0.383 e. The van der Waals surface area contributed by atoms with Crippen molar-refractivity contribution in [3.8, 4) is 0 Å². The first-order valence-electron chi connectivity index (χ1n) is 5.84. The highest BCUT2D eigenvalue weighted by molar-refractivity contribution is 4.73. The van der Waals surface area contributed by atoms with Gasteiger partial charge < -0.3 is 15.2 Å². The van der Waals surface area contributed by atoms with Crippen LogP contribution in [0.3, 0.4) is 0 Å². The van der Waals surface area contributed by atoms with Crippen LogP contribution in [0, 0.1) is 0 Å². The lowest BCUT2D eigenvalue weighted by molar-refractivity contribution is 0.0680. The van der Waals surface area contributed by atoms with Gasteiger partial charge in [0.25, 0.3) is 0 Å². The van der Waals surface area contributed by atoms with Crippen molar-refractivity contribution in [3.63, 3.8) is 0 Å². The second-order valence-corrected chi connectivity index (χ2v) is 4.20. The molecule has 0 aliphatic carbocycles. The number of nitrogens with two attached hydrogens (primary N) is 1. The maximum atomic E-state index is 5.93. The Bertz CT molecular complexity index is 161. The zero-order valence-corrected chi connectivity index (χ0v) is 9.95. The average Bonchev–Trinajstić information content (AvgIpc) is 2.70. The Hall–Kier alpha value is -0.160. The third-order valence-corrected chi connectivity index (χ3v) is 2.81. The summed E-state index contributed by atoms with van der Waals surface area (Å²) >= 11 is 0. The van der Waals surface area contributed by atoms with Crippen LogP contribution in [0.15, 0.2) is 0 Å². The Balaban J connectivity index is 2.21. The molecule has 2 N–H and O–H groups in total. The van der Waals surface area contributed by atoms with E-state index in [2.05, 4.69) is 11.8 Å². The molecule has 15 heavy (non-hydrogen) atoms. The molecule has 1 aliphatic rings. The first-order valence-corrected chi connectivity index (χ1v) is 5.84. The second-order valence-electron chi connectivity index (χ2n) is 4.20. The number of hydrogen-bond acceptors (Lipinski definition) is 4. The van der Waals surface area contributed by atoms with E-state index in [1.165, 1.54) is 12.8 Å². The van der Waals surface area contributed by atoms with Crippen LogP contribution >= 0.6 is 0 Å². The summed E-state index contributed by atoms with van der Waals surface area (Å²) < 4.78 is 10.6. The van der Waals surface area contributed by atoms with Gasteiger partial charge in [0.2, 0.25) is 0 Å². The summed E-state index contributed by atoms with van der Waals surface area (Å²) in [4.78, 5) is 2.35.